The molecule has 0 saturated carbocycles. The first-order valence-corrected chi connectivity index (χ1v) is 8.98. The first-order chi connectivity index (χ1) is 11.9. The van der Waals surface area contributed by atoms with Gasteiger partial charge in [0.2, 0.25) is 0 Å². The summed E-state index contributed by atoms with van der Waals surface area (Å²) in [6.45, 7) is 7.95. The third kappa shape index (κ3) is 4.52. The van der Waals surface area contributed by atoms with E-state index in [-0.39, 0.29) is 23.9 Å². The molecule has 0 amide bonds. The van der Waals surface area contributed by atoms with Crippen LogP contribution in [0.4, 0.5) is 0 Å². The van der Waals surface area contributed by atoms with Crippen molar-refractivity contribution < 1.29 is 14.2 Å². The van der Waals surface area contributed by atoms with Gasteiger partial charge in [-0.15, -0.1) is 12.4 Å². The van der Waals surface area contributed by atoms with E-state index in [2.05, 4.69) is 25.8 Å². The Morgan fingerprint density at radius 2 is 2.08 bits per heavy atom. The Bertz CT molecular complexity index is 677. The second kappa shape index (κ2) is 8.61. The van der Waals surface area contributed by atoms with Gasteiger partial charge in [-0.25, -0.2) is 4.98 Å². The highest BCUT2D eigenvalue weighted by molar-refractivity contribution is 6.30. The van der Waals surface area contributed by atoms with Crippen molar-refractivity contribution in [1.29, 1.82) is 0 Å². The van der Waals surface area contributed by atoms with Gasteiger partial charge in [-0.2, -0.15) is 0 Å². The number of rotatable bonds is 7. The maximum absolute atomic E-state index is 6.37. The standard InChI is InChI=1S/C19H25ClN2O3.ClH/c1-4-16-11-24-19(25-16,12-22-10-9-21-14-22)18(2,3)13-23-17-7-5-15(20)6-8-17;/h5-10,14,16H,4,11-13H2,1-3H3;1H. The Morgan fingerprint density at radius 3 is 2.65 bits per heavy atom. The van der Waals surface area contributed by atoms with E-state index in [1.54, 1.807) is 12.5 Å². The van der Waals surface area contributed by atoms with Crippen molar-refractivity contribution in [2.75, 3.05) is 13.2 Å². The van der Waals surface area contributed by atoms with E-state index in [0.717, 1.165) is 12.2 Å². The number of ether oxygens (including phenoxy) is 3. The molecule has 2 atom stereocenters. The number of nitrogens with zero attached hydrogens (tertiary/aromatic N) is 2. The largest absolute Gasteiger partial charge is 0.493 e. The van der Waals surface area contributed by atoms with Crippen molar-refractivity contribution in [3.8, 4) is 5.75 Å². The number of hydrogen-bond acceptors (Lipinski definition) is 4. The number of aromatic nitrogens is 2. The summed E-state index contributed by atoms with van der Waals surface area (Å²) < 4.78 is 20.6. The average molecular weight is 401 g/mol. The van der Waals surface area contributed by atoms with Gasteiger partial charge in [0, 0.05) is 17.4 Å². The van der Waals surface area contributed by atoms with Crippen molar-refractivity contribution in [3.05, 3.63) is 48.0 Å². The molecule has 0 radical (unpaired) electrons. The molecule has 1 aromatic carbocycles. The van der Waals surface area contributed by atoms with Crippen LogP contribution in [-0.4, -0.2) is 34.7 Å². The third-order valence-electron chi connectivity index (χ3n) is 4.71. The highest BCUT2D eigenvalue weighted by Gasteiger charge is 2.53. The lowest BCUT2D eigenvalue weighted by Crippen LogP contribution is -2.52. The second-order valence-electron chi connectivity index (χ2n) is 7.07. The predicted octanol–water partition coefficient (Wildman–Crippen LogP) is 4.59. The zero-order valence-electron chi connectivity index (χ0n) is 15.4. The summed E-state index contributed by atoms with van der Waals surface area (Å²) in [6.07, 6.45) is 6.48. The summed E-state index contributed by atoms with van der Waals surface area (Å²) in [5.74, 6) is 0.0150. The highest BCUT2D eigenvalue weighted by Crippen LogP contribution is 2.42. The van der Waals surface area contributed by atoms with Crippen LogP contribution in [0.3, 0.4) is 0 Å². The van der Waals surface area contributed by atoms with Crippen LogP contribution in [0.15, 0.2) is 43.0 Å². The summed E-state index contributed by atoms with van der Waals surface area (Å²) in [5, 5.41) is 0.691. The lowest BCUT2D eigenvalue weighted by molar-refractivity contribution is -0.251. The smallest absolute Gasteiger partial charge is 0.195 e. The molecule has 1 fully saturated rings. The van der Waals surface area contributed by atoms with E-state index < -0.39 is 5.79 Å². The molecule has 1 aliphatic rings. The normalized spacial score (nSPS) is 22.8. The molecule has 1 aliphatic heterocycles. The van der Waals surface area contributed by atoms with E-state index in [1.807, 2.05) is 35.0 Å². The van der Waals surface area contributed by atoms with Crippen molar-refractivity contribution in [2.45, 2.75) is 45.6 Å². The van der Waals surface area contributed by atoms with Gasteiger partial charge in [0.25, 0.3) is 0 Å². The van der Waals surface area contributed by atoms with Crippen LogP contribution >= 0.6 is 24.0 Å². The number of halogens is 2. The highest BCUT2D eigenvalue weighted by atomic mass is 35.5. The molecule has 2 aromatic rings. The van der Waals surface area contributed by atoms with E-state index in [4.69, 9.17) is 25.8 Å². The SMILES string of the molecule is CCC1COC(Cn2ccnc2)(C(C)(C)COc2ccc(Cl)cc2)O1.Cl. The Balaban J connectivity index is 0.00000243. The monoisotopic (exact) mass is 400 g/mol. The van der Waals surface area contributed by atoms with E-state index in [9.17, 15) is 0 Å². The van der Waals surface area contributed by atoms with Crippen molar-refractivity contribution >= 4 is 24.0 Å². The lowest BCUT2D eigenvalue weighted by Gasteiger charge is -2.42. The van der Waals surface area contributed by atoms with Gasteiger partial charge in [-0.05, 0) is 30.7 Å². The molecule has 144 valence electrons. The molecule has 3 rings (SSSR count). The minimum absolute atomic E-state index is 0. The maximum atomic E-state index is 6.37. The van der Waals surface area contributed by atoms with E-state index >= 15 is 0 Å². The average Bonchev–Trinajstić information content (AvgIpc) is 3.25. The molecule has 0 N–H and O–H groups in total. The predicted molar refractivity (Wildman–Crippen MR) is 104 cm³/mol. The summed E-state index contributed by atoms with van der Waals surface area (Å²) in [6, 6.07) is 7.37. The molecular weight excluding hydrogens is 375 g/mol. The van der Waals surface area contributed by atoms with Crippen molar-refractivity contribution in [2.24, 2.45) is 5.41 Å². The molecule has 1 aromatic heterocycles. The van der Waals surface area contributed by atoms with E-state index in [1.165, 1.54) is 0 Å². The summed E-state index contributed by atoms with van der Waals surface area (Å²) >= 11 is 5.93. The van der Waals surface area contributed by atoms with Crippen molar-refractivity contribution in [1.82, 2.24) is 9.55 Å². The van der Waals surface area contributed by atoms with Crippen LogP contribution in [-0.2, 0) is 16.0 Å². The fraction of sp³-hybridized carbons (Fsp3) is 0.526. The maximum Gasteiger partial charge on any atom is 0.195 e. The molecule has 2 heterocycles. The van der Waals surface area contributed by atoms with Gasteiger partial charge >= 0.3 is 0 Å². The fourth-order valence-corrected chi connectivity index (χ4v) is 3.07. The topological polar surface area (TPSA) is 45.5 Å². The van der Waals surface area contributed by atoms with Gasteiger partial charge in [0.1, 0.15) is 5.75 Å². The summed E-state index contributed by atoms with van der Waals surface area (Å²) in [7, 11) is 0. The summed E-state index contributed by atoms with van der Waals surface area (Å²) in [4.78, 5) is 4.13. The quantitative estimate of drug-likeness (QED) is 0.681. The van der Waals surface area contributed by atoms with Crippen LogP contribution in [0.5, 0.6) is 5.75 Å². The zero-order valence-corrected chi connectivity index (χ0v) is 16.9. The summed E-state index contributed by atoms with van der Waals surface area (Å²) in [5.41, 5.74) is -0.374. The van der Waals surface area contributed by atoms with Gasteiger partial charge in [0.15, 0.2) is 5.79 Å². The third-order valence-corrected chi connectivity index (χ3v) is 4.96. The van der Waals surface area contributed by atoms with Crippen LogP contribution in [0.1, 0.15) is 27.2 Å². The Labute approximate surface area is 166 Å². The molecular formula is C19H26Cl2N2O3. The van der Waals surface area contributed by atoms with Crippen LogP contribution in [0.2, 0.25) is 5.02 Å². The second-order valence-corrected chi connectivity index (χ2v) is 7.51. The molecule has 1 saturated heterocycles. The molecule has 0 spiro atoms. The van der Waals surface area contributed by atoms with Gasteiger partial charge < -0.3 is 18.8 Å². The number of imidazole rings is 1. The van der Waals surface area contributed by atoms with Crippen LogP contribution < -0.4 is 4.74 Å². The number of benzene rings is 1. The molecule has 5 nitrogen and oxygen atoms in total. The fourth-order valence-electron chi connectivity index (χ4n) is 2.94. The Hall–Kier alpha value is -1.27. The minimum atomic E-state index is -0.763. The number of hydrogen-bond donors (Lipinski definition) is 0. The molecule has 2 unspecified atom stereocenters. The minimum Gasteiger partial charge on any atom is -0.493 e. The van der Waals surface area contributed by atoms with Crippen LogP contribution in [0, 0.1) is 5.41 Å². The molecule has 26 heavy (non-hydrogen) atoms. The van der Waals surface area contributed by atoms with E-state index in [0.29, 0.717) is 24.8 Å². The van der Waals surface area contributed by atoms with Gasteiger partial charge in [0.05, 0.1) is 37.6 Å². The van der Waals surface area contributed by atoms with Crippen molar-refractivity contribution in [3.63, 3.8) is 0 Å². The molecule has 7 heteroatoms. The van der Waals surface area contributed by atoms with Gasteiger partial charge in [-0.3, -0.25) is 0 Å². The molecule has 0 aliphatic carbocycles. The Kier molecular flexibility index (Phi) is 6.97. The molecule has 0 bridgehead atoms. The van der Waals surface area contributed by atoms with Crippen LogP contribution in [0.25, 0.3) is 0 Å². The van der Waals surface area contributed by atoms with Gasteiger partial charge in [-0.1, -0.05) is 32.4 Å². The first kappa shape index (κ1) is 21.0. The zero-order chi connectivity index (χ0) is 17.9. The lowest BCUT2D eigenvalue weighted by atomic mass is 9.83. The Morgan fingerprint density at radius 1 is 1.35 bits per heavy atom. The first-order valence-electron chi connectivity index (χ1n) is 8.60.